The van der Waals surface area contributed by atoms with Gasteiger partial charge in [-0.1, -0.05) is 24.3 Å². The predicted octanol–water partition coefficient (Wildman–Crippen LogP) is 1.95. The number of fused-ring (bicyclic) bond motifs is 1. The van der Waals surface area contributed by atoms with Gasteiger partial charge in [-0.25, -0.2) is 4.98 Å². The highest BCUT2D eigenvalue weighted by Gasteiger charge is 2.24. The molecule has 0 unspecified atom stereocenters. The second kappa shape index (κ2) is 7.00. The first-order valence-electron chi connectivity index (χ1n) is 9.44. The smallest absolute Gasteiger partial charge is 0.168 e. The van der Waals surface area contributed by atoms with Crippen LogP contribution in [0, 0.1) is 0 Å². The number of nitrogens with zero attached hydrogens (tertiary/aromatic N) is 4. The molecule has 1 aliphatic heterocycles. The van der Waals surface area contributed by atoms with Crippen LogP contribution in [0.2, 0.25) is 0 Å². The second-order valence-electron chi connectivity index (χ2n) is 7.83. The molecule has 0 amide bonds. The van der Waals surface area contributed by atoms with Crippen molar-refractivity contribution in [1.82, 2.24) is 14.6 Å². The molecule has 0 radical (unpaired) electrons. The number of aromatic nitrogens is 3. The highest BCUT2D eigenvalue weighted by molar-refractivity contribution is 5.97. The Morgan fingerprint density at radius 1 is 1.25 bits per heavy atom. The van der Waals surface area contributed by atoms with E-state index in [0.717, 1.165) is 17.9 Å². The number of anilines is 1. The molecule has 0 spiro atoms. The van der Waals surface area contributed by atoms with Crippen LogP contribution in [0.1, 0.15) is 41.9 Å². The summed E-state index contributed by atoms with van der Waals surface area (Å²) in [6.45, 7) is 4.72. The lowest BCUT2D eigenvalue weighted by atomic mass is 9.96. The third-order valence-electron chi connectivity index (χ3n) is 5.14. The van der Waals surface area contributed by atoms with E-state index < -0.39 is 5.60 Å². The molecule has 1 atom stereocenters. The van der Waals surface area contributed by atoms with Crippen molar-refractivity contribution in [2.45, 2.75) is 38.4 Å². The van der Waals surface area contributed by atoms with E-state index in [4.69, 9.17) is 0 Å². The summed E-state index contributed by atoms with van der Waals surface area (Å²) in [6.07, 6.45) is 2.22. The van der Waals surface area contributed by atoms with Crippen LogP contribution in [-0.4, -0.2) is 49.8 Å². The number of hydrogen-bond acceptors (Lipinski definition) is 6. The van der Waals surface area contributed by atoms with Crippen LogP contribution in [0.4, 0.5) is 5.82 Å². The number of carbonyl (C=O) groups is 1. The molecule has 4 rings (SSSR count). The van der Waals surface area contributed by atoms with Crippen LogP contribution in [0.15, 0.2) is 42.6 Å². The molecule has 7 nitrogen and oxygen atoms in total. The molecule has 2 N–H and O–H groups in total. The maximum absolute atomic E-state index is 12.8. The van der Waals surface area contributed by atoms with Gasteiger partial charge < -0.3 is 15.1 Å². The summed E-state index contributed by atoms with van der Waals surface area (Å²) >= 11 is 0. The van der Waals surface area contributed by atoms with E-state index in [-0.39, 0.29) is 18.3 Å². The van der Waals surface area contributed by atoms with Crippen molar-refractivity contribution in [3.05, 3.63) is 59.4 Å². The normalized spacial score (nSPS) is 17.4. The van der Waals surface area contributed by atoms with Crippen LogP contribution in [-0.2, 0) is 12.0 Å². The summed E-state index contributed by atoms with van der Waals surface area (Å²) in [5, 5.41) is 24.3. The maximum Gasteiger partial charge on any atom is 0.168 e. The molecule has 2 aromatic heterocycles. The number of ketones is 1. The maximum atomic E-state index is 12.8. The van der Waals surface area contributed by atoms with Crippen LogP contribution in [0.5, 0.6) is 0 Å². The van der Waals surface area contributed by atoms with E-state index in [1.54, 1.807) is 48.8 Å². The lowest BCUT2D eigenvalue weighted by molar-refractivity contribution is 0.0784. The van der Waals surface area contributed by atoms with Crippen molar-refractivity contribution < 1.29 is 15.0 Å². The standard InChI is InChI=1S/C21H24N4O3/c1-21(2,28)15-5-3-14(4-6-15)18(27)11-16-12-20(24-10-8-17(26)13-24)25-19(23-16)7-9-22-25/h3-7,9,12,17,26,28H,8,10-11,13H2,1-2H3/t17-/m1/s1. The van der Waals surface area contributed by atoms with E-state index in [2.05, 4.69) is 15.0 Å². The van der Waals surface area contributed by atoms with E-state index in [1.807, 2.05) is 12.1 Å². The third kappa shape index (κ3) is 3.63. The van der Waals surface area contributed by atoms with Gasteiger partial charge in [0.25, 0.3) is 0 Å². The predicted molar refractivity (Wildman–Crippen MR) is 106 cm³/mol. The molecular formula is C21H24N4O3. The molecule has 1 fully saturated rings. The van der Waals surface area contributed by atoms with Gasteiger partial charge in [-0.2, -0.15) is 9.61 Å². The van der Waals surface area contributed by atoms with Crippen LogP contribution < -0.4 is 4.90 Å². The summed E-state index contributed by atoms with van der Waals surface area (Å²) in [4.78, 5) is 19.4. The van der Waals surface area contributed by atoms with Gasteiger partial charge in [0, 0.05) is 30.8 Å². The van der Waals surface area contributed by atoms with Gasteiger partial charge in [-0.15, -0.1) is 0 Å². The Kier molecular flexibility index (Phi) is 4.64. The minimum absolute atomic E-state index is 0.0360. The summed E-state index contributed by atoms with van der Waals surface area (Å²) < 4.78 is 1.74. The number of aliphatic hydroxyl groups is 2. The van der Waals surface area contributed by atoms with E-state index in [9.17, 15) is 15.0 Å². The molecule has 3 aromatic rings. The lowest BCUT2D eigenvalue weighted by Crippen LogP contribution is -2.24. The Hall–Kier alpha value is -2.77. The molecule has 0 aliphatic carbocycles. The first-order valence-corrected chi connectivity index (χ1v) is 9.44. The van der Waals surface area contributed by atoms with Crippen LogP contribution >= 0.6 is 0 Å². The van der Waals surface area contributed by atoms with Crippen LogP contribution in [0.25, 0.3) is 5.65 Å². The fourth-order valence-electron chi connectivity index (χ4n) is 3.54. The molecule has 0 bridgehead atoms. The van der Waals surface area contributed by atoms with Gasteiger partial charge in [-0.3, -0.25) is 4.79 Å². The highest BCUT2D eigenvalue weighted by Crippen LogP contribution is 2.23. The number of carbonyl (C=O) groups excluding carboxylic acids is 1. The summed E-state index contributed by atoms with van der Waals surface area (Å²) in [5.74, 6) is 0.804. The second-order valence-corrected chi connectivity index (χ2v) is 7.83. The van der Waals surface area contributed by atoms with Crippen molar-refractivity contribution in [3.8, 4) is 0 Å². The number of β-amino-alcohol motifs (C(OH)–C–C–N with tert-alkyl or cyclic N) is 1. The van der Waals surface area contributed by atoms with E-state index in [1.165, 1.54) is 0 Å². The topological polar surface area (TPSA) is 91.0 Å². The SMILES string of the molecule is CC(C)(O)c1ccc(C(=O)Cc2cc(N3CC[C@@H](O)C3)n3nccc3n2)cc1. The molecule has 28 heavy (non-hydrogen) atoms. The Morgan fingerprint density at radius 3 is 2.64 bits per heavy atom. The molecule has 1 saturated heterocycles. The zero-order valence-electron chi connectivity index (χ0n) is 16.0. The average Bonchev–Trinajstić information content (AvgIpc) is 3.29. The monoisotopic (exact) mass is 380 g/mol. The molecule has 1 aliphatic rings. The van der Waals surface area contributed by atoms with Gasteiger partial charge in [0.05, 0.1) is 30.0 Å². The lowest BCUT2D eigenvalue weighted by Gasteiger charge is -2.19. The van der Waals surface area contributed by atoms with Gasteiger partial charge >= 0.3 is 0 Å². The Balaban J connectivity index is 1.60. The molecule has 3 heterocycles. The third-order valence-corrected chi connectivity index (χ3v) is 5.14. The fourth-order valence-corrected chi connectivity index (χ4v) is 3.54. The van der Waals surface area contributed by atoms with Crippen molar-refractivity contribution in [2.24, 2.45) is 0 Å². The number of benzene rings is 1. The zero-order valence-corrected chi connectivity index (χ0v) is 16.0. The molecule has 146 valence electrons. The highest BCUT2D eigenvalue weighted by atomic mass is 16.3. The van der Waals surface area contributed by atoms with Crippen molar-refractivity contribution in [3.63, 3.8) is 0 Å². The first-order chi connectivity index (χ1) is 13.3. The van der Waals surface area contributed by atoms with Gasteiger partial charge in [-0.05, 0) is 25.8 Å². The van der Waals surface area contributed by atoms with Gasteiger partial charge in [0.15, 0.2) is 11.4 Å². The zero-order chi connectivity index (χ0) is 19.9. The van der Waals surface area contributed by atoms with Crippen LogP contribution in [0.3, 0.4) is 0 Å². The Labute approximate surface area is 163 Å². The van der Waals surface area contributed by atoms with Gasteiger partial charge in [0.1, 0.15) is 5.82 Å². The largest absolute Gasteiger partial charge is 0.391 e. The van der Waals surface area contributed by atoms with Crippen molar-refractivity contribution in [1.29, 1.82) is 0 Å². The number of rotatable bonds is 5. The Bertz CT molecular complexity index is 1000. The first kappa shape index (κ1) is 18.6. The summed E-state index contributed by atoms with van der Waals surface area (Å²) in [7, 11) is 0. The molecule has 1 aromatic carbocycles. The summed E-state index contributed by atoms with van der Waals surface area (Å²) in [5.41, 5.74) is 1.75. The molecule has 7 heteroatoms. The minimum atomic E-state index is -0.939. The molecular weight excluding hydrogens is 356 g/mol. The van der Waals surface area contributed by atoms with E-state index in [0.29, 0.717) is 29.9 Å². The Morgan fingerprint density at radius 2 is 2.00 bits per heavy atom. The number of hydrogen-bond donors (Lipinski definition) is 2. The quantitative estimate of drug-likeness (QED) is 0.658. The molecule has 0 saturated carbocycles. The number of Topliss-reactive ketones (excluding diaryl/α,β-unsaturated/α-hetero) is 1. The fraction of sp³-hybridized carbons (Fsp3) is 0.381. The minimum Gasteiger partial charge on any atom is -0.391 e. The summed E-state index contributed by atoms with van der Waals surface area (Å²) in [6, 6.07) is 10.7. The van der Waals surface area contributed by atoms with E-state index >= 15 is 0 Å². The van der Waals surface area contributed by atoms with Crippen molar-refractivity contribution in [2.75, 3.05) is 18.0 Å². The number of aliphatic hydroxyl groups excluding tert-OH is 1. The average molecular weight is 380 g/mol. The van der Waals surface area contributed by atoms with Gasteiger partial charge in [0.2, 0.25) is 0 Å². The van der Waals surface area contributed by atoms with Crippen molar-refractivity contribution >= 4 is 17.2 Å².